The average Bonchev–Trinajstić information content (AvgIpc) is 2.83. The highest BCUT2D eigenvalue weighted by Crippen LogP contribution is 2.21. The molecule has 0 saturated heterocycles. The van der Waals surface area contributed by atoms with E-state index in [1.807, 2.05) is 6.92 Å². The van der Waals surface area contributed by atoms with Crippen molar-refractivity contribution >= 4 is 11.6 Å². The zero-order chi connectivity index (χ0) is 12.2. The highest BCUT2D eigenvalue weighted by molar-refractivity contribution is 6.41. The van der Waals surface area contributed by atoms with Crippen LogP contribution in [0.25, 0.3) is 0 Å². The quantitative estimate of drug-likeness (QED) is 0.428. The van der Waals surface area contributed by atoms with Crippen LogP contribution in [0.3, 0.4) is 0 Å². The Morgan fingerprint density at radius 3 is 2.75 bits per heavy atom. The first-order valence-electron chi connectivity index (χ1n) is 4.91. The van der Waals surface area contributed by atoms with Crippen LogP contribution in [0.4, 0.5) is 0 Å². The molecule has 0 aliphatic carbocycles. The van der Waals surface area contributed by atoms with Crippen molar-refractivity contribution in [1.29, 1.82) is 0 Å². The van der Waals surface area contributed by atoms with Crippen molar-refractivity contribution < 1.29 is 10.0 Å². The molecule has 0 aliphatic heterocycles. The number of nitrogens with zero attached hydrogens (tertiary/aromatic N) is 4. The Kier molecular flexibility index (Phi) is 3.60. The van der Waals surface area contributed by atoms with Gasteiger partial charge >= 0.3 is 0 Å². The van der Waals surface area contributed by atoms with E-state index in [1.54, 1.807) is 13.1 Å². The Morgan fingerprint density at radius 1 is 1.69 bits per heavy atom. The summed E-state index contributed by atoms with van der Waals surface area (Å²) < 4.78 is 1.50. The van der Waals surface area contributed by atoms with Crippen LogP contribution < -0.4 is 5.32 Å². The standard InChI is InChI=1S/C9H15N5O2/c1-4-9(2,14-6-5-11-13-14)7(12-16)8(15)10-3/h5-6,16H,4H2,1-3H3,(H,10,15). The number of amides is 1. The fraction of sp³-hybridized carbons (Fsp3) is 0.556. The lowest BCUT2D eigenvalue weighted by Gasteiger charge is -2.27. The van der Waals surface area contributed by atoms with Gasteiger partial charge in [0.1, 0.15) is 5.54 Å². The molecule has 2 N–H and O–H groups in total. The van der Waals surface area contributed by atoms with Crippen molar-refractivity contribution in [2.24, 2.45) is 5.16 Å². The highest BCUT2D eigenvalue weighted by Gasteiger charge is 2.36. The summed E-state index contributed by atoms with van der Waals surface area (Å²) >= 11 is 0. The number of hydrogen-bond donors (Lipinski definition) is 2. The first-order valence-corrected chi connectivity index (χ1v) is 4.91. The molecule has 1 aromatic heterocycles. The van der Waals surface area contributed by atoms with Crippen molar-refractivity contribution in [1.82, 2.24) is 20.3 Å². The van der Waals surface area contributed by atoms with Crippen LogP contribution in [0.15, 0.2) is 17.5 Å². The lowest BCUT2D eigenvalue weighted by Crippen LogP contribution is -2.47. The maximum Gasteiger partial charge on any atom is 0.271 e. The van der Waals surface area contributed by atoms with Crippen LogP contribution in [0.1, 0.15) is 20.3 Å². The van der Waals surface area contributed by atoms with E-state index in [9.17, 15) is 4.79 Å². The Hall–Kier alpha value is -1.92. The number of aromatic nitrogens is 3. The van der Waals surface area contributed by atoms with Crippen LogP contribution >= 0.6 is 0 Å². The summed E-state index contributed by atoms with van der Waals surface area (Å²) in [5, 5.41) is 22.0. The predicted octanol–water partition coefficient (Wildman–Crippen LogP) is -0.0205. The maximum atomic E-state index is 11.6. The second kappa shape index (κ2) is 4.73. The average molecular weight is 225 g/mol. The molecule has 1 atom stereocenters. The normalized spacial score (nSPS) is 15.6. The van der Waals surface area contributed by atoms with Crippen molar-refractivity contribution in [2.45, 2.75) is 25.8 Å². The highest BCUT2D eigenvalue weighted by atomic mass is 16.4. The minimum atomic E-state index is -0.814. The number of oxime groups is 1. The molecule has 0 spiro atoms. The molecular formula is C9H15N5O2. The molecule has 1 heterocycles. The van der Waals surface area contributed by atoms with Gasteiger partial charge in [0.05, 0.1) is 6.20 Å². The van der Waals surface area contributed by atoms with Crippen LogP contribution in [-0.4, -0.2) is 38.9 Å². The van der Waals surface area contributed by atoms with Crippen LogP contribution in [0.2, 0.25) is 0 Å². The summed E-state index contributed by atoms with van der Waals surface area (Å²) in [4.78, 5) is 11.6. The molecule has 1 amide bonds. The number of carbonyl (C=O) groups is 1. The Bertz CT molecular complexity index is 387. The van der Waals surface area contributed by atoms with Gasteiger partial charge in [-0.1, -0.05) is 17.3 Å². The summed E-state index contributed by atoms with van der Waals surface area (Å²) in [6.07, 6.45) is 3.67. The van der Waals surface area contributed by atoms with E-state index in [-0.39, 0.29) is 5.71 Å². The summed E-state index contributed by atoms with van der Waals surface area (Å²) in [6, 6.07) is 0. The van der Waals surface area contributed by atoms with Gasteiger partial charge in [-0.3, -0.25) is 4.79 Å². The molecule has 1 rings (SSSR count). The zero-order valence-corrected chi connectivity index (χ0v) is 9.51. The number of hydrogen-bond acceptors (Lipinski definition) is 5. The van der Waals surface area contributed by atoms with Gasteiger partial charge in [0.2, 0.25) is 0 Å². The van der Waals surface area contributed by atoms with E-state index in [2.05, 4.69) is 20.8 Å². The van der Waals surface area contributed by atoms with E-state index in [4.69, 9.17) is 5.21 Å². The maximum absolute atomic E-state index is 11.6. The van der Waals surface area contributed by atoms with Crippen LogP contribution in [-0.2, 0) is 10.3 Å². The second-order valence-corrected chi connectivity index (χ2v) is 3.50. The largest absolute Gasteiger partial charge is 0.410 e. The van der Waals surface area contributed by atoms with Gasteiger partial charge in [-0.25, -0.2) is 4.68 Å². The fourth-order valence-corrected chi connectivity index (χ4v) is 1.43. The molecule has 7 heteroatoms. The van der Waals surface area contributed by atoms with Gasteiger partial charge in [0, 0.05) is 13.2 Å². The van der Waals surface area contributed by atoms with Gasteiger partial charge in [0.25, 0.3) is 5.91 Å². The van der Waals surface area contributed by atoms with Crippen molar-refractivity contribution in [3.05, 3.63) is 12.4 Å². The Labute approximate surface area is 93.1 Å². The van der Waals surface area contributed by atoms with E-state index in [0.29, 0.717) is 6.42 Å². The van der Waals surface area contributed by atoms with Crippen molar-refractivity contribution in [3.63, 3.8) is 0 Å². The van der Waals surface area contributed by atoms with Crippen molar-refractivity contribution in [2.75, 3.05) is 7.05 Å². The van der Waals surface area contributed by atoms with Crippen LogP contribution in [0, 0.1) is 0 Å². The summed E-state index contributed by atoms with van der Waals surface area (Å²) in [5.74, 6) is -0.442. The summed E-state index contributed by atoms with van der Waals surface area (Å²) in [7, 11) is 1.48. The van der Waals surface area contributed by atoms with Gasteiger partial charge in [-0.2, -0.15) is 0 Å². The van der Waals surface area contributed by atoms with E-state index < -0.39 is 11.4 Å². The minimum absolute atomic E-state index is 0.00278. The third-order valence-electron chi connectivity index (χ3n) is 2.67. The first kappa shape index (κ1) is 12.2. The molecule has 0 aromatic carbocycles. The lowest BCUT2D eigenvalue weighted by atomic mass is 9.92. The molecule has 88 valence electrons. The molecular weight excluding hydrogens is 210 g/mol. The zero-order valence-electron chi connectivity index (χ0n) is 9.51. The molecule has 0 saturated carbocycles. The molecule has 16 heavy (non-hydrogen) atoms. The van der Waals surface area contributed by atoms with E-state index in [0.717, 1.165) is 0 Å². The first-order chi connectivity index (χ1) is 7.60. The predicted molar refractivity (Wildman–Crippen MR) is 57.2 cm³/mol. The van der Waals surface area contributed by atoms with E-state index >= 15 is 0 Å². The minimum Gasteiger partial charge on any atom is -0.410 e. The Balaban J connectivity index is 3.19. The van der Waals surface area contributed by atoms with Gasteiger partial charge < -0.3 is 10.5 Å². The summed E-state index contributed by atoms with van der Waals surface area (Å²) in [5.41, 5.74) is -0.811. The molecule has 0 bridgehead atoms. The van der Waals surface area contributed by atoms with Gasteiger partial charge in [0.15, 0.2) is 5.71 Å². The van der Waals surface area contributed by atoms with E-state index in [1.165, 1.54) is 17.9 Å². The SMILES string of the molecule is CCC(C)(C(=NO)C(=O)NC)n1ccnn1. The molecule has 1 aromatic rings. The monoisotopic (exact) mass is 225 g/mol. The molecule has 0 aliphatic rings. The van der Waals surface area contributed by atoms with Gasteiger partial charge in [-0.15, -0.1) is 5.10 Å². The van der Waals surface area contributed by atoms with Crippen molar-refractivity contribution in [3.8, 4) is 0 Å². The number of carbonyl (C=O) groups excluding carboxylic acids is 1. The second-order valence-electron chi connectivity index (χ2n) is 3.50. The lowest BCUT2D eigenvalue weighted by molar-refractivity contribution is -0.115. The smallest absolute Gasteiger partial charge is 0.271 e. The third kappa shape index (κ3) is 1.88. The fourth-order valence-electron chi connectivity index (χ4n) is 1.43. The molecule has 0 fully saturated rings. The molecule has 1 unspecified atom stereocenters. The summed E-state index contributed by atoms with van der Waals surface area (Å²) in [6.45, 7) is 3.63. The number of rotatable bonds is 4. The topological polar surface area (TPSA) is 92.4 Å². The Morgan fingerprint density at radius 2 is 2.38 bits per heavy atom. The van der Waals surface area contributed by atoms with Crippen LogP contribution in [0.5, 0.6) is 0 Å². The van der Waals surface area contributed by atoms with Gasteiger partial charge in [-0.05, 0) is 13.3 Å². The molecule has 7 nitrogen and oxygen atoms in total. The third-order valence-corrected chi connectivity index (χ3v) is 2.67. The number of nitrogens with one attached hydrogen (secondary N) is 1. The molecule has 0 radical (unpaired) electrons.